The summed E-state index contributed by atoms with van der Waals surface area (Å²) in [5.74, 6) is 1.17. The smallest absolute Gasteiger partial charge is 0.260 e. The van der Waals surface area contributed by atoms with Crippen LogP contribution in [0.1, 0.15) is 16.8 Å². The molecule has 7 nitrogen and oxygen atoms in total. The van der Waals surface area contributed by atoms with Crippen LogP contribution in [0.2, 0.25) is 0 Å². The van der Waals surface area contributed by atoms with Crippen molar-refractivity contribution in [3.63, 3.8) is 0 Å². The maximum absolute atomic E-state index is 12.9. The predicted molar refractivity (Wildman–Crippen MR) is 116 cm³/mol. The van der Waals surface area contributed by atoms with Gasteiger partial charge in [0.05, 0.1) is 12.2 Å². The first-order valence-corrected chi connectivity index (χ1v) is 9.72. The van der Waals surface area contributed by atoms with Gasteiger partial charge in [-0.25, -0.2) is 4.98 Å². The van der Waals surface area contributed by atoms with E-state index in [0.29, 0.717) is 48.2 Å². The minimum absolute atomic E-state index is 0.322. The SMILES string of the molecule is C=CCCOc1ccc(Br)cc1C(=O)Nc1cccc(-c2nncn2CC=C)n1. The highest BCUT2D eigenvalue weighted by atomic mass is 79.9. The summed E-state index contributed by atoms with van der Waals surface area (Å²) in [7, 11) is 0. The van der Waals surface area contributed by atoms with Crippen molar-refractivity contribution in [2.24, 2.45) is 0 Å². The average Bonchev–Trinajstić information content (AvgIpc) is 3.18. The van der Waals surface area contributed by atoms with Crippen LogP contribution in [0.25, 0.3) is 11.5 Å². The topological polar surface area (TPSA) is 81.9 Å². The highest BCUT2D eigenvalue weighted by Crippen LogP contribution is 2.25. The quantitative estimate of drug-likeness (QED) is 0.381. The van der Waals surface area contributed by atoms with E-state index in [-0.39, 0.29) is 5.91 Å². The van der Waals surface area contributed by atoms with Crippen molar-refractivity contribution in [1.29, 1.82) is 0 Å². The lowest BCUT2D eigenvalue weighted by Gasteiger charge is -2.12. The maximum atomic E-state index is 12.9. The Morgan fingerprint density at radius 1 is 1.24 bits per heavy atom. The van der Waals surface area contributed by atoms with Crippen LogP contribution < -0.4 is 10.1 Å². The average molecular weight is 454 g/mol. The fourth-order valence-electron chi connectivity index (χ4n) is 2.60. The third-order valence-corrected chi connectivity index (χ3v) is 4.42. The van der Waals surface area contributed by atoms with Gasteiger partial charge >= 0.3 is 0 Å². The fourth-order valence-corrected chi connectivity index (χ4v) is 2.96. The molecular formula is C21H20BrN5O2. The number of hydrogen-bond donors (Lipinski definition) is 1. The Bertz CT molecular complexity index is 1030. The number of rotatable bonds is 9. The number of halogens is 1. The van der Waals surface area contributed by atoms with Crippen molar-refractivity contribution >= 4 is 27.7 Å². The van der Waals surface area contributed by atoms with E-state index < -0.39 is 0 Å². The molecule has 0 saturated heterocycles. The molecule has 0 fully saturated rings. The number of pyridine rings is 1. The maximum Gasteiger partial charge on any atom is 0.260 e. The zero-order valence-corrected chi connectivity index (χ0v) is 17.3. The molecule has 0 spiro atoms. The van der Waals surface area contributed by atoms with Gasteiger partial charge in [-0.1, -0.05) is 34.1 Å². The van der Waals surface area contributed by atoms with Crippen LogP contribution in [0.5, 0.6) is 5.75 Å². The second-order valence-electron chi connectivity index (χ2n) is 6.02. The molecule has 0 radical (unpaired) electrons. The van der Waals surface area contributed by atoms with Gasteiger partial charge in [-0.05, 0) is 36.8 Å². The van der Waals surface area contributed by atoms with Crippen LogP contribution in [0.3, 0.4) is 0 Å². The number of nitrogens with zero attached hydrogens (tertiary/aromatic N) is 4. The molecule has 29 heavy (non-hydrogen) atoms. The standard InChI is InChI=1S/C21H20BrN5O2/c1-3-5-12-29-18-10-9-15(22)13-16(18)21(28)25-19-8-6-7-17(24-19)20-26-23-14-27(20)11-4-2/h3-4,6-10,13-14H,1-2,5,11-12H2,(H,24,25,28). The van der Waals surface area contributed by atoms with Crippen LogP contribution in [0, 0.1) is 0 Å². The molecule has 8 heteroatoms. The number of carbonyl (C=O) groups excluding carboxylic acids is 1. The van der Waals surface area contributed by atoms with Gasteiger partial charge in [0, 0.05) is 11.0 Å². The molecule has 3 aromatic rings. The lowest BCUT2D eigenvalue weighted by molar-refractivity contribution is 0.102. The van der Waals surface area contributed by atoms with E-state index in [0.717, 1.165) is 4.47 Å². The molecule has 0 atom stereocenters. The summed E-state index contributed by atoms with van der Waals surface area (Å²) < 4.78 is 8.31. The number of allylic oxidation sites excluding steroid dienone is 1. The molecule has 2 aromatic heterocycles. The second kappa shape index (κ2) is 9.79. The Labute approximate surface area is 177 Å². The molecule has 0 unspecified atom stereocenters. The summed E-state index contributed by atoms with van der Waals surface area (Å²) in [6, 6.07) is 10.6. The zero-order valence-electron chi connectivity index (χ0n) is 15.7. The molecule has 0 saturated carbocycles. The van der Waals surface area contributed by atoms with Gasteiger partial charge in [-0.3, -0.25) is 4.79 Å². The molecule has 0 aliphatic rings. The number of aromatic nitrogens is 4. The number of nitrogens with one attached hydrogen (secondary N) is 1. The van der Waals surface area contributed by atoms with E-state index in [2.05, 4.69) is 49.6 Å². The number of anilines is 1. The summed E-state index contributed by atoms with van der Waals surface area (Å²) >= 11 is 3.40. The predicted octanol–water partition coefficient (Wildman–Crippen LogP) is 4.50. The number of benzene rings is 1. The minimum Gasteiger partial charge on any atom is -0.492 e. The number of hydrogen-bond acceptors (Lipinski definition) is 5. The van der Waals surface area contributed by atoms with Crippen LogP contribution in [0.15, 0.2) is 72.5 Å². The molecule has 148 valence electrons. The summed E-state index contributed by atoms with van der Waals surface area (Å²) in [5.41, 5.74) is 1.00. The Morgan fingerprint density at radius 2 is 2.10 bits per heavy atom. The monoisotopic (exact) mass is 453 g/mol. The van der Waals surface area contributed by atoms with Crippen molar-refractivity contribution in [2.45, 2.75) is 13.0 Å². The van der Waals surface area contributed by atoms with Crippen LogP contribution in [-0.4, -0.2) is 32.3 Å². The Balaban J connectivity index is 1.83. The second-order valence-corrected chi connectivity index (χ2v) is 6.94. The number of carbonyl (C=O) groups is 1. The van der Waals surface area contributed by atoms with Crippen LogP contribution in [0.4, 0.5) is 5.82 Å². The van der Waals surface area contributed by atoms with Gasteiger partial charge in [-0.2, -0.15) is 0 Å². The third-order valence-electron chi connectivity index (χ3n) is 3.93. The van der Waals surface area contributed by atoms with Crippen molar-refractivity contribution < 1.29 is 9.53 Å². The molecular weight excluding hydrogens is 434 g/mol. The van der Waals surface area contributed by atoms with Crippen molar-refractivity contribution in [1.82, 2.24) is 19.7 Å². The molecule has 0 aliphatic carbocycles. The fraction of sp³-hybridized carbons (Fsp3) is 0.143. The van der Waals surface area contributed by atoms with E-state index in [1.54, 1.807) is 42.7 Å². The normalized spacial score (nSPS) is 10.4. The molecule has 1 amide bonds. The Morgan fingerprint density at radius 3 is 2.90 bits per heavy atom. The summed E-state index contributed by atoms with van der Waals surface area (Å²) in [5, 5.41) is 10.8. The van der Waals surface area contributed by atoms with E-state index in [4.69, 9.17) is 4.74 Å². The van der Waals surface area contributed by atoms with E-state index >= 15 is 0 Å². The highest BCUT2D eigenvalue weighted by molar-refractivity contribution is 9.10. The van der Waals surface area contributed by atoms with Gasteiger partial charge in [0.15, 0.2) is 5.82 Å². The van der Waals surface area contributed by atoms with E-state index in [9.17, 15) is 4.79 Å². The zero-order chi connectivity index (χ0) is 20.6. The number of ether oxygens (including phenoxy) is 1. The van der Waals surface area contributed by atoms with Crippen molar-refractivity contribution in [3.05, 3.63) is 78.1 Å². The first-order valence-electron chi connectivity index (χ1n) is 8.93. The van der Waals surface area contributed by atoms with Crippen LogP contribution >= 0.6 is 15.9 Å². The molecule has 1 N–H and O–H groups in total. The Kier molecular flexibility index (Phi) is 6.91. The van der Waals surface area contributed by atoms with Gasteiger partial charge in [0.1, 0.15) is 23.6 Å². The first kappa shape index (κ1) is 20.5. The summed E-state index contributed by atoms with van der Waals surface area (Å²) in [4.78, 5) is 17.4. The number of amides is 1. The van der Waals surface area contributed by atoms with Gasteiger partial charge in [-0.15, -0.1) is 23.4 Å². The van der Waals surface area contributed by atoms with Crippen molar-refractivity contribution in [2.75, 3.05) is 11.9 Å². The third kappa shape index (κ3) is 5.17. The van der Waals surface area contributed by atoms with Crippen LogP contribution in [-0.2, 0) is 6.54 Å². The molecule has 0 aliphatic heterocycles. The minimum atomic E-state index is -0.322. The van der Waals surface area contributed by atoms with Crippen molar-refractivity contribution in [3.8, 4) is 17.3 Å². The van der Waals surface area contributed by atoms with Gasteiger partial charge < -0.3 is 14.6 Å². The van der Waals surface area contributed by atoms with Gasteiger partial charge in [0.2, 0.25) is 0 Å². The highest BCUT2D eigenvalue weighted by Gasteiger charge is 2.15. The lowest BCUT2D eigenvalue weighted by Crippen LogP contribution is -2.15. The lowest BCUT2D eigenvalue weighted by atomic mass is 10.2. The summed E-state index contributed by atoms with van der Waals surface area (Å²) in [6.07, 6.45) is 5.81. The molecule has 3 rings (SSSR count). The first-order chi connectivity index (χ1) is 14.1. The van der Waals surface area contributed by atoms with E-state index in [1.807, 2.05) is 16.7 Å². The Hall–Kier alpha value is -3.26. The largest absolute Gasteiger partial charge is 0.492 e. The van der Waals surface area contributed by atoms with E-state index in [1.165, 1.54) is 0 Å². The summed E-state index contributed by atoms with van der Waals surface area (Å²) in [6.45, 7) is 8.40. The molecule has 2 heterocycles. The van der Waals surface area contributed by atoms with Gasteiger partial charge in [0.25, 0.3) is 5.91 Å². The molecule has 0 bridgehead atoms. The molecule has 1 aromatic carbocycles.